The van der Waals surface area contributed by atoms with E-state index in [9.17, 15) is 14.7 Å². The van der Waals surface area contributed by atoms with Gasteiger partial charge in [0.2, 0.25) is 0 Å². The van der Waals surface area contributed by atoms with E-state index in [1.165, 1.54) is 12.1 Å². The summed E-state index contributed by atoms with van der Waals surface area (Å²) in [6.45, 7) is 1.94. The summed E-state index contributed by atoms with van der Waals surface area (Å²) in [5, 5.41) is 12.2. The normalized spacial score (nSPS) is 11.8. The number of rotatable bonds is 5. The number of amides is 1. The summed E-state index contributed by atoms with van der Waals surface area (Å²) in [6.07, 6.45) is 0.170. The van der Waals surface area contributed by atoms with Gasteiger partial charge in [-0.15, -0.1) is 0 Å². The highest BCUT2D eigenvalue weighted by Gasteiger charge is 2.23. The minimum atomic E-state index is -1.12. The molecule has 0 bridgehead atoms. The number of carboxylic acid groups (broad SMARTS) is 1. The second kappa shape index (κ2) is 7.49. The summed E-state index contributed by atoms with van der Waals surface area (Å²) < 4.78 is 0. The van der Waals surface area contributed by atoms with Gasteiger partial charge in [-0.25, -0.2) is 4.79 Å². The smallest absolute Gasteiger partial charge is 0.326 e. The maximum atomic E-state index is 12.3. The lowest BCUT2D eigenvalue weighted by atomic mass is 10.0. The van der Waals surface area contributed by atoms with E-state index in [-0.39, 0.29) is 22.0 Å². The fourth-order valence-electron chi connectivity index (χ4n) is 2.11. The van der Waals surface area contributed by atoms with Crippen molar-refractivity contribution in [1.82, 2.24) is 5.32 Å². The minimum absolute atomic E-state index is 0.0750. The first-order chi connectivity index (χ1) is 10.9. The molecule has 2 aromatic carbocycles. The van der Waals surface area contributed by atoms with E-state index in [0.717, 1.165) is 11.1 Å². The molecule has 0 saturated heterocycles. The van der Waals surface area contributed by atoms with Crippen LogP contribution in [0.5, 0.6) is 0 Å². The van der Waals surface area contributed by atoms with Gasteiger partial charge in [0.15, 0.2) is 0 Å². The molecular formula is C17H15Cl2NO3. The molecule has 0 spiro atoms. The van der Waals surface area contributed by atoms with E-state index in [4.69, 9.17) is 23.2 Å². The molecule has 2 N–H and O–H groups in total. The van der Waals surface area contributed by atoms with Gasteiger partial charge >= 0.3 is 5.97 Å². The van der Waals surface area contributed by atoms with E-state index in [2.05, 4.69) is 5.32 Å². The number of benzene rings is 2. The third-order valence-electron chi connectivity index (χ3n) is 3.35. The van der Waals surface area contributed by atoms with Gasteiger partial charge in [0.1, 0.15) is 6.04 Å². The molecule has 6 heteroatoms. The third-order valence-corrected chi connectivity index (χ3v) is 3.98. The van der Waals surface area contributed by atoms with Crippen LogP contribution in [0.2, 0.25) is 10.0 Å². The Balaban J connectivity index is 2.18. The molecule has 0 unspecified atom stereocenters. The van der Waals surface area contributed by atoms with Crippen molar-refractivity contribution >= 4 is 35.1 Å². The first-order valence-electron chi connectivity index (χ1n) is 6.91. The Hall–Kier alpha value is -2.04. The zero-order chi connectivity index (χ0) is 17.0. The topological polar surface area (TPSA) is 66.4 Å². The number of carbonyl (C=O) groups excluding carboxylic acids is 1. The Morgan fingerprint density at radius 1 is 1.09 bits per heavy atom. The lowest BCUT2D eigenvalue weighted by Crippen LogP contribution is -2.42. The van der Waals surface area contributed by atoms with E-state index >= 15 is 0 Å². The highest BCUT2D eigenvalue weighted by atomic mass is 35.5. The maximum absolute atomic E-state index is 12.3. The highest BCUT2D eigenvalue weighted by molar-refractivity contribution is 6.39. The van der Waals surface area contributed by atoms with Crippen LogP contribution in [-0.4, -0.2) is 23.0 Å². The summed E-state index contributed by atoms with van der Waals surface area (Å²) in [6, 6.07) is 11.0. The predicted octanol–water partition coefficient (Wildman–Crippen LogP) is 3.73. The van der Waals surface area contributed by atoms with Crippen molar-refractivity contribution in [1.29, 1.82) is 0 Å². The van der Waals surface area contributed by atoms with Crippen molar-refractivity contribution in [2.45, 2.75) is 19.4 Å². The second-order valence-electron chi connectivity index (χ2n) is 5.15. The van der Waals surface area contributed by atoms with Gasteiger partial charge in [-0.2, -0.15) is 0 Å². The third kappa shape index (κ3) is 4.47. The molecular weight excluding hydrogens is 337 g/mol. The molecule has 1 amide bonds. The van der Waals surface area contributed by atoms with E-state index in [0.29, 0.717) is 0 Å². The van der Waals surface area contributed by atoms with Gasteiger partial charge in [0.05, 0.1) is 15.6 Å². The van der Waals surface area contributed by atoms with Gasteiger partial charge < -0.3 is 10.4 Å². The van der Waals surface area contributed by atoms with Crippen LogP contribution in [0.15, 0.2) is 42.5 Å². The quantitative estimate of drug-likeness (QED) is 0.862. The molecule has 0 aliphatic rings. The molecule has 0 aliphatic carbocycles. The fraction of sp³-hybridized carbons (Fsp3) is 0.176. The lowest BCUT2D eigenvalue weighted by molar-refractivity contribution is -0.139. The van der Waals surface area contributed by atoms with Crippen LogP contribution in [0.4, 0.5) is 0 Å². The molecule has 0 saturated carbocycles. The number of hydrogen-bond acceptors (Lipinski definition) is 2. The van der Waals surface area contributed by atoms with Crippen LogP contribution >= 0.6 is 23.2 Å². The van der Waals surface area contributed by atoms with Crippen molar-refractivity contribution in [2.24, 2.45) is 0 Å². The zero-order valence-corrected chi connectivity index (χ0v) is 13.9. The molecule has 2 aromatic rings. The molecule has 0 aliphatic heterocycles. The number of carboxylic acids is 1. The van der Waals surface area contributed by atoms with Crippen molar-refractivity contribution in [3.63, 3.8) is 0 Å². The second-order valence-corrected chi connectivity index (χ2v) is 5.97. The van der Waals surface area contributed by atoms with Gasteiger partial charge in [0.25, 0.3) is 5.91 Å². The van der Waals surface area contributed by atoms with Crippen LogP contribution < -0.4 is 5.32 Å². The van der Waals surface area contributed by atoms with Crippen LogP contribution in [-0.2, 0) is 11.2 Å². The van der Waals surface area contributed by atoms with Crippen molar-refractivity contribution in [2.75, 3.05) is 0 Å². The van der Waals surface area contributed by atoms with Gasteiger partial charge in [-0.3, -0.25) is 4.79 Å². The van der Waals surface area contributed by atoms with Crippen molar-refractivity contribution in [3.8, 4) is 0 Å². The molecule has 1 atom stereocenters. The van der Waals surface area contributed by atoms with Gasteiger partial charge in [-0.05, 0) is 24.6 Å². The summed E-state index contributed by atoms with van der Waals surface area (Å²) in [4.78, 5) is 23.7. The first-order valence-corrected chi connectivity index (χ1v) is 7.67. The van der Waals surface area contributed by atoms with Gasteiger partial charge in [0, 0.05) is 6.42 Å². The van der Waals surface area contributed by atoms with Crippen LogP contribution in [0.1, 0.15) is 21.5 Å². The molecule has 4 nitrogen and oxygen atoms in total. The van der Waals surface area contributed by atoms with E-state index in [1.807, 2.05) is 31.2 Å². The number of nitrogens with one attached hydrogen (secondary N) is 1. The molecule has 0 fully saturated rings. The lowest BCUT2D eigenvalue weighted by Gasteiger charge is -2.16. The standard InChI is InChI=1S/C17H15Cl2NO3/c1-10-5-7-11(8-6-10)9-14(17(22)23)20-16(21)15-12(18)3-2-4-13(15)19/h2-8,14H,9H2,1H3,(H,20,21)(H,22,23)/t14-/m0/s1. The van der Waals surface area contributed by atoms with Crippen molar-refractivity contribution in [3.05, 3.63) is 69.2 Å². The fourth-order valence-corrected chi connectivity index (χ4v) is 2.67. The molecule has 120 valence electrons. The Morgan fingerprint density at radius 3 is 2.17 bits per heavy atom. The number of aliphatic carboxylic acids is 1. The van der Waals surface area contributed by atoms with Gasteiger partial charge in [-0.1, -0.05) is 59.1 Å². The molecule has 0 radical (unpaired) electrons. The summed E-state index contributed by atoms with van der Waals surface area (Å²) in [5.74, 6) is -1.73. The number of halogens is 2. The molecule has 0 aromatic heterocycles. The minimum Gasteiger partial charge on any atom is -0.480 e. The van der Waals surface area contributed by atoms with E-state index in [1.54, 1.807) is 6.07 Å². The molecule has 2 rings (SSSR count). The number of carbonyl (C=O) groups is 2. The van der Waals surface area contributed by atoms with E-state index < -0.39 is 17.9 Å². The van der Waals surface area contributed by atoms with Crippen molar-refractivity contribution < 1.29 is 14.7 Å². The van der Waals surface area contributed by atoms with Crippen LogP contribution in [0.3, 0.4) is 0 Å². The Kier molecular flexibility index (Phi) is 5.64. The number of hydrogen-bond donors (Lipinski definition) is 2. The molecule has 23 heavy (non-hydrogen) atoms. The average molecular weight is 352 g/mol. The number of aryl methyl sites for hydroxylation is 1. The Bertz CT molecular complexity index is 709. The summed E-state index contributed by atoms with van der Waals surface area (Å²) >= 11 is 11.9. The summed E-state index contributed by atoms with van der Waals surface area (Å²) in [5.41, 5.74) is 1.96. The predicted molar refractivity (Wildman–Crippen MR) is 90.2 cm³/mol. The van der Waals surface area contributed by atoms with Crippen LogP contribution in [0, 0.1) is 6.92 Å². The van der Waals surface area contributed by atoms with Crippen LogP contribution in [0.25, 0.3) is 0 Å². The first kappa shape index (κ1) is 17.3. The Morgan fingerprint density at radius 2 is 1.65 bits per heavy atom. The summed E-state index contributed by atoms with van der Waals surface area (Å²) in [7, 11) is 0. The largest absolute Gasteiger partial charge is 0.480 e. The Labute approximate surface area is 144 Å². The maximum Gasteiger partial charge on any atom is 0.326 e. The highest BCUT2D eigenvalue weighted by Crippen LogP contribution is 2.24. The SMILES string of the molecule is Cc1ccc(C[C@H](NC(=O)c2c(Cl)cccc2Cl)C(=O)O)cc1. The average Bonchev–Trinajstić information content (AvgIpc) is 2.48. The monoisotopic (exact) mass is 351 g/mol. The molecule has 0 heterocycles. The zero-order valence-electron chi connectivity index (χ0n) is 12.3.